The Labute approximate surface area is 175 Å². The van der Waals surface area contributed by atoms with Crippen LogP contribution in [0.2, 0.25) is 0 Å². The van der Waals surface area contributed by atoms with Crippen LogP contribution in [-0.4, -0.2) is 16.8 Å². The zero-order valence-corrected chi connectivity index (χ0v) is 16.9. The lowest BCUT2D eigenvalue weighted by atomic mass is 9.88. The highest BCUT2D eigenvalue weighted by atomic mass is 79.9. The van der Waals surface area contributed by atoms with Crippen LogP contribution in [-0.2, 0) is 16.9 Å². The monoisotopic (exact) mass is 453 g/mol. The number of anilines is 1. The standard InChI is InChI=1S/C23H17BrFNO3/c24-17-10-8-16(9-11-17)21(27)13-23(29)19-6-1-2-7-20(19)26(22(23)28)14-15-4-3-5-18(25)12-15/h1-12,29H,13-14H2. The van der Waals surface area contributed by atoms with Gasteiger partial charge in [0.2, 0.25) is 0 Å². The van der Waals surface area contributed by atoms with Crippen molar-refractivity contribution in [2.45, 2.75) is 18.6 Å². The van der Waals surface area contributed by atoms with E-state index in [1.807, 2.05) is 0 Å². The number of carbonyl (C=O) groups is 2. The maximum atomic E-state index is 13.6. The lowest BCUT2D eigenvalue weighted by molar-refractivity contribution is -0.136. The molecule has 0 saturated heterocycles. The summed E-state index contributed by atoms with van der Waals surface area (Å²) in [6.07, 6.45) is -0.371. The molecule has 0 bridgehead atoms. The molecule has 1 aliphatic rings. The largest absolute Gasteiger partial charge is 0.375 e. The number of Topliss-reactive ketones (excluding diaryl/α,β-unsaturated/α-hetero) is 1. The van der Waals surface area contributed by atoms with Crippen LogP contribution in [0.1, 0.15) is 27.9 Å². The third kappa shape index (κ3) is 3.61. The molecule has 4 nitrogen and oxygen atoms in total. The van der Waals surface area contributed by atoms with E-state index in [-0.39, 0.29) is 18.7 Å². The number of para-hydroxylation sites is 1. The van der Waals surface area contributed by atoms with Crippen molar-refractivity contribution in [3.05, 3.63) is 99.8 Å². The molecule has 6 heteroatoms. The number of rotatable bonds is 5. The molecule has 1 unspecified atom stereocenters. The Bertz CT molecular complexity index is 1100. The molecule has 0 radical (unpaired) electrons. The third-order valence-corrected chi connectivity index (χ3v) is 5.58. The Morgan fingerprint density at radius 1 is 1.03 bits per heavy atom. The van der Waals surface area contributed by atoms with E-state index in [2.05, 4.69) is 15.9 Å². The van der Waals surface area contributed by atoms with Crippen molar-refractivity contribution in [3.8, 4) is 0 Å². The second-order valence-electron chi connectivity index (χ2n) is 7.01. The topological polar surface area (TPSA) is 57.6 Å². The average Bonchev–Trinajstić information content (AvgIpc) is 2.91. The van der Waals surface area contributed by atoms with E-state index < -0.39 is 17.3 Å². The van der Waals surface area contributed by atoms with Gasteiger partial charge in [0.05, 0.1) is 18.7 Å². The van der Waals surface area contributed by atoms with Crippen LogP contribution >= 0.6 is 15.9 Å². The van der Waals surface area contributed by atoms with Crippen LogP contribution in [0, 0.1) is 5.82 Å². The molecule has 4 rings (SSSR count). The predicted octanol–water partition coefficient (Wildman–Crippen LogP) is 4.60. The van der Waals surface area contributed by atoms with Gasteiger partial charge in [-0.2, -0.15) is 0 Å². The molecule has 3 aromatic rings. The van der Waals surface area contributed by atoms with E-state index in [0.717, 1.165) is 4.47 Å². The molecule has 1 amide bonds. The molecule has 29 heavy (non-hydrogen) atoms. The third-order valence-electron chi connectivity index (χ3n) is 5.05. The quantitative estimate of drug-likeness (QED) is 0.574. The Hall–Kier alpha value is -2.83. The summed E-state index contributed by atoms with van der Waals surface area (Å²) in [6.45, 7) is 0.0996. The van der Waals surface area contributed by atoms with Crippen LogP contribution in [0.4, 0.5) is 10.1 Å². The summed E-state index contributed by atoms with van der Waals surface area (Å²) in [7, 11) is 0. The summed E-state index contributed by atoms with van der Waals surface area (Å²) in [6, 6.07) is 19.6. The van der Waals surface area contributed by atoms with Gasteiger partial charge in [-0.05, 0) is 35.9 Å². The van der Waals surface area contributed by atoms with Crippen LogP contribution in [0.25, 0.3) is 0 Å². The number of ketones is 1. The molecule has 1 aliphatic heterocycles. The second-order valence-corrected chi connectivity index (χ2v) is 7.92. The number of carbonyl (C=O) groups excluding carboxylic acids is 2. The van der Waals surface area contributed by atoms with Gasteiger partial charge < -0.3 is 10.0 Å². The Morgan fingerprint density at radius 2 is 1.76 bits per heavy atom. The van der Waals surface area contributed by atoms with E-state index in [1.54, 1.807) is 60.7 Å². The SMILES string of the molecule is O=C(CC1(O)C(=O)N(Cc2cccc(F)c2)c2ccccc21)c1ccc(Br)cc1. The van der Waals surface area contributed by atoms with Crippen LogP contribution in [0.5, 0.6) is 0 Å². The molecular formula is C23H17BrFNO3. The van der Waals surface area contributed by atoms with E-state index >= 15 is 0 Å². The fourth-order valence-electron chi connectivity index (χ4n) is 3.62. The van der Waals surface area contributed by atoms with Crippen molar-refractivity contribution in [1.29, 1.82) is 0 Å². The highest BCUT2D eigenvalue weighted by Gasteiger charge is 2.50. The lowest BCUT2D eigenvalue weighted by Gasteiger charge is -2.23. The number of hydrogen-bond acceptors (Lipinski definition) is 3. The number of amides is 1. The van der Waals surface area contributed by atoms with E-state index in [0.29, 0.717) is 22.4 Å². The zero-order chi connectivity index (χ0) is 20.6. The Balaban J connectivity index is 1.67. The summed E-state index contributed by atoms with van der Waals surface area (Å²) in [4.78, 5) is 27.4. The molecule has 1 N–H and O–H groups in total. The highest BCUT2D eigenvalue weighted by molar-refractivity contribution is 9.10. The van der Waals surface area contributed by atoms with Crippen LogP contribution in [0.3, 0.4) is 0 Å². The molecule has 0 aromatic heterocycles. The number of hydrogen-bond donors (Lipinski definition) is 1. The number of aliphatic hydroxyl groups is 1. The molecule has 0 saturated carbocycles. The van der Waals surface area contributed by atoms with Crippen molar-refractivity contribution >= 4 is 33.3 Å². The first-order chi connectivity index (χ1) is 13.9. The molecule has 0 fully saturated rings. The molecule has 1 heterocycles. The predicted molar refractivity (Wildman–Crippen MR) is 111 cm³/mol. The van der Waals surface area contributed by atoms with Crippen molar-refractivity contribution in [2.24, 2.45) is 0 Å². The van der Waals surface area contributed by atoms with Crippen molar-refractivity contribution < 1.29 is 19.1 Å². The minimum absolute atomic E-state index is 0.0996. The van der Waals surface area contributed by atoms with Crippen molar-refractivity contribution in [3.63, 3.8) is 0 Å². The average molecular weight is 454 g/mol. The first-order valence-corrected chi connectivity index (χ1v) is 9.85. The summed E-state index contributed by atoms with van der Waals surface area (Å²) in [5.41, 5.74) is -0.0551. The molecule has 0 spiro atoms. The van der Waals surface area contributed by atoms with Gasteiger partial charge in [-0.15, -0.1) is 0 Å². The van der Waals surface area contributed by atoms with Crippen LogP contribution in [0.15, 0.2) is 77.3 Å². The zero-order valence-electron chi connectivity index (χ0n) is 15.3. The van der Waals surface area contributed by atoms with Crippen LogP contribution < -0.4 is 4.90 Å². The van der Waals surface area contributed by atoms with Crippen molar-refractivity contribution in [2.75, 3.05) is 4.90 Å². The smallest absolute Gasteiger partial charge is 0.264 e. The van der Waals surface area contributed by atoms with E-state index in [1.165, 1.54) is 17.0 Å². The number of fused-ring (bicyclic) bond motifs is 1. The summed E-state index contributed by atoms with van der Waals surface area (Å²) < 4.78 is 14.4. The lowest BCUT2D eigenvalue weighted by Crippen LogP contribution is -2.41. The fraction of sp³-hybridized carbons (Fsp3) is 0.130. The molecule has 1 atom stereocenters. The minimum Gasteiger partial charge on any atom is -0.375 e. The summed E-state index contributed by atoms with van der Waals surface area (Å²) >= 11 is 3.32. The van der Waals surface area contributed by atoms with Gasteiger partial charge in [0.15, 0.2) is 11.4 Å². The number of nitrogens with zero attached hydrogens (tertiary/aromatic N) is 1. The van der Waals surface area contributed by atoms with E-state index in [9.17, 15) is 19.1 Å². The molecule has 146 valence electrons. The number of benzene rings is 3. The van der Waals surface area contributed by atoms with Gasteiger partial charge >= 0.3 is 0 Å². The molecule has 0 aliphatic carbocycles. The fourth-order valence-corrected chi connectivity index (χ4v) is 3.89. The van der Waals surface area contributed by atoms with Gasteiger partial charge in [-0.1, -0.05) is 58.4 Å². The van der Waals surface area contributed by atoms with Gasteiger partial charge in [0.25, 0.3) is 5.91 Å². The normalized spacial score (nSPS) is 18.0. The minimum atomic E-state index is -1.96. The van der Waals surface area contributed by atoms with E-state index in [4.69, 9.17) is 0 Å². The van der Waals surface area contributed by atoms with Gasteiger partial charge in [0.1, 0.15) is 5.82 Å². The maximum absolute atomic E-state index is 13.6. The Morgan fingerprint density at radius 3 is 2.48 bits per heavy atom. The van der Waals surface area contributed by atoms with Gasteiger partial charge in [0, 0.05) is 15.6 Å². The summed E-state index contributed by atoms with van der Waals surface area (Å²) in [5, 5.41) is 11.3. The first kappa shape index (κ1) is 19.5. The molecule has 3 aromatic carbocycles. The Kier molecular flexibility index (Phi) is 5.06. The summed E-state index contributed by atoms with van der Waals surface area (Å²) in [5.74, 6) is -1.33. The first-order valence-electron chi connectivity index (χ1n) is 9.05. The highest BCUT2D eigenvalue weighted by Crippen LogP contribution is 2.43. The van der Waals surface area contributed by atoms with Crippen molar-refractivity contribution in [1.82, 2.24) is 0 Å². The maximum Gasteiger partial charge on any atom is 0.264 e. The number of halogens is 2. The second kappa shape index (κ2) is 7.54. The molecular weight excluding hydrogens is 437 g/mol. The van der Waals surface area contributed by atoms with Gasteiger partial charge in [-0.25, -0.2) is 4.39 Å². The van der Waals surface area contributed by atoms with Gasteiger partial charge in [-0.3, -0.25) is 9.59 Å².